The lowest BCUT2D eigenvalue weighted by molar-refractivity contribution is -0.140. The van der Waals surface area contributed by atoms with Gasteiger partial charge in [0.2, 0.25) is 0 Å². The number of hydrogen-bond donors (Lipinski definition) is 1. The van der Waals surface area contributed by atoms with E-state index in [-0.39, 0.29) is 0 Å². The van der Waals surface area contributed by atoms with Gasteiger partial charge in [0.15, 0.2) is 0 Å². The third-order valence-corrected chi connectivity index (χ3v) is 1.45. The first-order chi connectivity index (χ1) is 5.15. The SMILES string of the molecule is CC(N)(CCC(F)(F)F)C(F)F. The largest absolute Gasteiger partial charge is 0.389 e. The maximum Gasteiger partial charge on any atom is 0.389 e. The van der Waals surface area contributed by atoms with Crippen molar-refractivity contribution >= 4 is 0 Å². The summed E-state index contributed by atoms with van der Waals surface area (Å²) in [7, 11) is 0. The molecule has 0 bridgehead atoms. The summed E-state index contributed by atoms with van der Waals surface area (Å²) in [4.78, 5) is 0. The second kappa shape index (κ2) is 3.55. The molecule has 0 fully saturated rings. The summed E-state index contributed by atoms with van der Waals surface area (Å²) >= 11 is 0. The van der Waals surface area contributed by atoms with Crippen molar-refractivity contribution < 1.29 is 22.0 Å². The smallest absolute Gasteiger partial charge is 0.321 e. The quantitative estimate of drug-likeness (QED) is 0.680. The Morgan fingerprint density at radius 3 is 1.83 bits per heavy atom. The normalized spacial score (nSPS) is 18.0. The number of halogens is 5. The molecule has 1 unspecified atom stereocenters. The van der Waals surface area contributed by atoms with Gasteiger partial charge in [-0.15, -0.1) is 0 Å². The number of hydrogen-bond acceptors (Lipinski definition) is 1. The first kappa shape index (κ1) is 11.6. The van der Waals surface area contributed by atoms with Crippen LogP contribution in [0, 0.1) is 0 Å². The maximum absolute atomic E-state index is 11.9. The lowest BCUT2D eigenvalue weighted by Crippen LogP contribution is -2.44. The Balaban J connectivity index is 3.93. The van der Waals surface area contributed by atoms with E-state index < -0.39 is 31.0 Å². The van der Waals surface area contributed by atoms with Crippen LogP contribution in [0.2, 0.25) is 0 Å². The van der Waals surface area contributed by atoms with E-state index in [1.165, 1.54) is 0 Å². The van der Waals surface area contributed by atoms with Crippen LogP contribution in [-0.2, 0) is 0 Å². The van der Waals surface area contributed by atoms with Crippen LogP contribution in [0.3, 0.4) is 0 Å². The predicted octanol–water partition coefficient (Wildman–Crippen LogP) is 2.31. The summed E-state index contributed by atoms with van der Waals surface area (Å²) in [6, 6.07) is 0. The van der Waals surface area contributed by atoms with Gasteiger partial charge in [-0.25, -0.2) is 8.78 Å². The van der Waals surface area contributed by atoms with E-state index in [0.717, 1.165) is 6.92 Å². The zero-order valence-electron chi connectivity index (χ0n) is 6.46. The van der Waals surface area contributed by atoms with Gasteiger partial charge in [-0.05, 0) is 13.3 Å². The van der Waals surface area contributed by atoms with Crippen LogP contribution in [0.15, 0.2) is 0 Å². The fourth-order valence-corrected chi connectivity index (χ4v) is 0.520. The van der Waals surface area contributed by atoms with Crippen molar-refractivity contribution in [3.8, 4) is 0 Å². The Kier molecular flexibility index (Phi) is 3.44. The molecule has 12 heavy (non-hydrogen) atoms. The molecule has 0 aromatic heterocycles. The molecule has 0 aliphatic heterocycles. The molecule has 0 aromatic carbocycles. The van der Waals surface area contributed by atoms with Gasteiger partial charge in [-0.3, -0.25) is 0 Å². The second-order valence-corrected chi connectivity index (χ2v) is 2.92. The van der Waals surface area contributed by atoms with Gasteiger partial charge in [0, 0.05) is 6.42 Å². The van der Waals surface area contributed by atoms with Crippen LogP contribution >= 0.6 is 0 Å². The molecule has 0 rings (SSSR count). The van der Waals surface area contributed by atoms with Gasteiger partial charge in [-0.1, -0.05) is 0 Å². The molecule has 0 amide bonds. The summed E-state index contributed by atoms with van der Waals surface area (Å²) in [6.45, 7) is 0.906. The van der Waals surface area contributed by atoms with Crippen molar-refractivity contribution in [2.75, 3.05) is 0 Å². The molecular weight excluding hydrogens is 181 g/mol. The number of rotatable bonds is 3. The Bertz CT molecular complexity index is 139. The van der Waals surface area contributed by atoms with E-state index in [4.69, 9.17) is 5.73 Å². The summed E-state index contributed by atoms with van der Waals surface area (Å²) in [5.41, 5.74) is 2.87. The molecule has 0 aromatic rings. The van der Waals surface area contributed by atoms with Crippen molar-refractivity contribution in [3.63, 3.8) is 0 Å². The van der Waals surface area contributed by atoms with Gasteiger partial charge in [0.25, 0.3) is 6.43 Å². The van der Waals surface area contributed by atoms with E-state index in [1.54, 1.807) is 0 Å². The molecule has 2 N–H and O–H groups in total. The molecule has 1 atom stereocenters. The molecule has 0 heterocycles. The Morgan fingerprint density at radius 1 is 1.17 bits per heavy atom. The molecular formula is C6H10F5N. The minimum absolute atomic E-state index is 0.756. The fraction of sp³-hybridized carbons (Fsp3) is 1.00. The van der Waals surface area contributed by atoms with Crippen molar-refractivity contribution in [1.29, 1.82) is 0 Å². The molecule has 0 saturated heterocycles. The van der Waals surface area contributed by atoms with Crippen molar-refractivity contribution in [3.05, 3.63) is 0 Å². The lowest BCUT2D eigenvalue weighted by Gasteiger charge is -2.23. The average Bonchev–Trinajstić information content (AvgIpc) is 1.82. The fourth-order valence-electron chi connectivity index (χ4n) is 0.520. The Hall–Kier alpha value is -0.390. The third-order valence-electron chi connectivity index (χ3n) is 1.45. The van der Waals surface area contributed by atoms with Crippen LogP contribution in [0.5, 0.6) is 0 Å². The molecule has 0 spiro atoms. The summed E-state index contributed by atoms with van der Waals surface area (Å²) in [6.07, 6.45) is -9.38. The molecule has 0 radical (unpaired) electrons. The van der Waals surface area contributed by atoms with Gasteiger partial charge < -0.3 is 5.73 Å². The molecule has 74 valence electrons. The second-order valence-electron chi connectivity index (χ2n) is 2.92. The standard InChI is InChI=1S/C6H10F5N/c1-5(12,4(7)8)2-3-6(9,10)11/h4H,2-3,12H2,1H3. The van der Waals surface area contributed by atoms with E-state index in [0.29, 0.717) is 0 Å². The number of alkyl halides is 5. The lowest BCUT2D eigenvalue weighted by atomic mass is 9.98. The zero-order valence-corrected chi connectivity index (χ0v) is 6.46. The van der Waals surface area contributed by atoms with Crippen LogP contribution in [0.1, 0.15) is 19.8 Å². The zero-order chi connectivity index (χ0) is 9.99. The highest BCUT2D eigenvalue weighted by atomic mass is 19.4. The van der Waals surface area contributed by atoms with E-state index in [2.05, 4.69) is 0 Å². The Morgan fingerprint density at radius 2 is 1.58 bits per heavy atom. The van der Waals surface area contributed by atoms with Gasteiger partial charge in [0.1, 0.15) is 0 Å². The average molecular weight is 191 g/mol. The molecule has 1 nitrogen and oxygen atoms in total. The summed E-state index contributed by atoms with van der Waals surface area (Å²) in [5.74, 6) is 0. The third kappa shape index (κ3) is 4.48. The van der Waals surface area contributed by atoms with Crippen LogP contribution in [0.4, 0.5) is 22.0 Å². The highest BCUT2D eigenvalue weighted by Crippen LogP contribution is 2.27. The first-order valence-corrected chi connectivity index (χ1v) is 3.29. The van der Waals surface area contributed by atoms with Crippen LogP contribution in [-0.4, -0.2) is 18.1 Å². The van der Waals surface area contributed by atoms with Crippen molar-refractivity contribution in [2.45, 2.75) is 37.9 Å². The van der Waals surface area contributed by atoms with E-state index >= 15 is 0 Å². The monoisotopic (exact) mass is 191 g/mol. The molecule has 0 aliphatic rings. The van der Waals surface area contributed by atoms with Crippen LogP contribution in [0.25, 0.3) is 0 Å². The summed E-state index contributed by atoms with van der Waals surface area (Å²) in [5, 5.41) is 0. The molecule has 6 heteroatoms. The number of nitrogens with two attached hydrogens (primary N) is 1. The summed E-state index contributed by atoms with van der Waals surface area (Å²) < 4.78 is 58.4. The van der Waals surface area contributed by atoms with Crippen molar-refractivity contribution in [1.82, 2.24) is 0 Å². The highest BCUT2D eigenvalue weighted by molar-refractivity contribution is 4.82. The molecule has 0 aliphatic carbocycles. The Labute approximate surface area is 66.7 Å². The first-order valence-electron chi connectivity index (χ1n) is 3.29. The minimum Gasteiger partial charge on any atom is -0.321 e. The topological polar surface area (TPSA) is 26.0 Å². The van der Waals surface area contributed by atoms with E-state index in [9.17, 15) is 22.0 Å². The molecule has 0 saturated carbocycles. The van der Waals surface area contributed by atoms with Gasteiger partial charge in [0.05, 0.1) is 5.54 Å². The maximum atomic E-state index is 11.9. The van der Waals surface area contributed by atoms with Gasteiger partial charge >= 0.3 is 6.18 Å². The predicted molar refractivity (Wildman–Crippen MR) is 33.9 cm³/mol. The van der Waals surface area contributed by atoms with Crippen molar-refractivity contribution in [2.24, 2.45) is 5.73 Å². The highest BCUT2D eigenvalue weighted by Gasteiger charge is 2.36. The van der Waals surface area contributed by atoms with Crippen LogP contribution < -0.4 is 5.73 Å². The van der Waals surface area contributed by atoms with Gasteiger partial charge in [-0.2, -0.15) is 13.2 Å². The van der Waals surface area contributed by atoms with E-state index in [1.807, 2.05) is 0 Å². The minimum atomic E-state index is -4.42.